The van der Waals surface area contributed by atoms with Gasteiger partial charge in [0, 0.05) is 16.7 Å². The highest BCUT2D eigenvalue weighted by molar-refractivity contribution is 6.30. The molecular weight excluding hydrogens is 378 g/mol. The van der Waals surface area contributed by atoms with E-state index in [-0.39, 0.29) is 29.0 Å². The van der Waals surface area contributed by atoms with Crippen LogP contribution < -0.4 is 14.2 Å². The van der Waals surface area contributed by atoms with E-state index in [0.717, 1.165) is 0 Å². The minimum Gasteiger partial charge on any atom is -0.493 e. The molecule has 3 aromatic rings. The van der Waals surface area contributed by atoms with Crippen molar-refractivity contribution in [1.82, 2.24) is 10.1 Å². The Bertz CT molecular complexity index is 975. The van der Waals surface area contributed by atoms with Crippen LogP contribution in [0.5, 0.6) is 17.2 Å². The molecule has 140 valence electrons. The van der Waals surface area contributed by atoms with Crippen molar-refractivity contribution in [3.8, 4) is 28.6 Å². The average molecular weight is 392 g/mol. The molecule has 1 aromatic heterocycles. The molecule has 10 heteroatoms. The van der Waals surface area contributed by atoms with Gasteiger partial charge in [0.15, 0.2) is 23.9 Å². The minimum atomic E-state index is -0.579. The summed E-state index contributed by atoms with van der Waals surface area (Å²) in [6, 6.07) is 9.29. The lowest BCUT2D eigenvalue weighted by atomic mass is 10.2. The second-order valence-corrected chi connectivity index (χ2v) is 5.68. The summed E-state index contributed by atoms with van der Waals surface area (Å²) in [6.45, 7) is -0.136. The molecule has 3 rings (SSSR count). The molecule has 0 aliphatic carbocycles. The van der Waals surface area contributed by atoms with Crippen molar-refractivity contribution in [3.63, 3.8) is 0 Å². The van der Waals surface area contributed by atoms with Gasteiger partial charge in [-0.25, -0.2) is 0 Å². The van der Waals surface area contributed by atoms with Crippen LogP contribution >= 0.6 is 11.6 Å². The monoisotopic (exact) mass is 391 g/mol. The quantitative estimate of drug-likeness (QED) is 0.440. The van der Waals surface area contributed by atoms with Crippen LogP contribution in [0.4, 0.5) is 5.69 Å². The first-order chi connectivity index (χ1) is 13.0. The van der Waals surface area contributed by atoms with Gasteiger partial charge in [0.25, 0.3) is 5.89 Å². The third kappa shape index (κ3) is 4.09. The zero-order chi connectivity index (χ0) is 19.4. The number of hydrogen-bond donors (Lipinski definition) is 0. The van der Waals surface area contributed by atoms with E-state index in [0.29, 0.717) is 22.9 Å². The standard InChI is InChI=1S/C17H14ClN3O6/c1-24-14-5-3-10(7-15(14)25-2)17-19-16(27-20-17)9-26-13-6-4-11(18)8-12(13)21(22)23/h3-8H,9H2,1-2H3. The zero-order valence-electron chi connectivity index (χ0n) is 14.3. The molecule has 27 heavy (non-hydrogen) atoms. The SMILES string of the molecule is COc1ccc(-c2noc(COc3ccc(Cl)cc3[N+](=O)[O-])n2)cc1OC. The minimum absolute atomic E-state index is 0.0512. The fourth-order valence-electron chi connectivity index (χ4n) is 2.30. The van der Waals surface area contributed by atoms with Crippen molar-refractivity contribution in [2.75, 3.05) is 14.2 Å². The smallest absolute Gasteiger partial charge is 0.312 e. The second kappa shape index (κ2) is 7.92. The van der Waals surface area contributed by atoms with Gasteiger partial charge in [-0.3, -0.25) is 10.1 Å². The Morgan fingerprint density at radius 2 is 1.85 bits per heavy atom. The molecule has 0 N–H and O–H groups in total. The van der Waals surface area contributed by atoms with Gasteiger partial charge >= 0.3 is 5.69 Å². The molecule has 0 fully saturated rings. The van der Waals surface area contributed by atoms with E-state index in [1.165, 1.54) is 32.4 Å². The van der Waals surface area contributed by atoms with E-state index in [1.807, 2.05) is 0 Å². The largest absolute Gasteiger partial charge is 0.493 e. The Hall–Kier alpha value is -3.33. The van der Waals surface area contributed by atoms with Gasteiger partial charge in [-0.2, -0.15) is 4.98 Å². The van der Waals surface area contributed by atoms with Gasteiger partial charge in [0.2, 0.25) is 5.82 Å². The molecular formula is C17H14ClN3O6. The van der Waals surface area contributed by atoms with Crippen LogP contribution in [0.2, 0.25) is 5.02 Å². The second-order valence-electron chi connectivity index (χ2n) is 5.24. The molecule has 0 aliphatic rings. The summed E-state index contributed by atoms with van der Waals surface area (Å²) in [4.78, 5) is 14.7. The first-order valence-corrected chi connectivity index (χ1v) is 8.01. The molecule has 0 unspecified atom stereocenters. The first-order valence-electron chi connectivity index (χ1n) is 7.63. The maximum Gasteiger partial charge on any atom is 0.312 e. The number of benzene rings is 2. The summed E-state index contributed by atoms with van der Waals surface area (Å²) < 4.78 is 21.0. The fourth-order valence-corrected chi connectivity index (χ4v) is 2.47. The van der Waals surface area contributed by atoms with Gasteiger partial charge in [-0.05, 0) is 30.3 Å². The number of aromatic nitrogens is 2. The molecule has 0 saturated carbocycles. The number of nitrogens with zero attached hydrogens (tertiary/aromatic N) is 3. The summed E-state index contributed by atoms with van der Waals surface area (Å²) in [6.07, 6.45) is 0. The predicted octanol–water partition coefficient (Wildman–Crippen LogP) is 3.89. The summed E-state index contributed by atoms with van der Waals surface area (Å²) in [7, 11) is 3.06. The van der Waals surface area contributed by atoms with E-state index in [2.05, 4.69) is 10.1 Å². The maximum atomic E-state index is 11.1. The lowest BCUT2D eigenvalue weighted by Crippen LogP contribution is -1.99. The lowest BCUT2D eigenvalue weighted by molar-refractivity contribution is -0.385. The normalized spacial score (nSPS) is 10.5. The van der Waals surface area contributed by atoms with E-state index in [1.54, 1.807) is 18.2 Å². The number of nitro groups is 1. The van der Waals surface area contributed by atoms with Crippen molar-refractivity contribution >= 4 is 17.3 Å². The molecule has 0 radical (unpaired) electrons. The number of rotatable bonds is 7. The number of nitro benzene ring substituents is 1. The summed E-state index contributed by atoms with van der Waals surface area (Å²) in [5, 5.41) is 15.2. The van der Waals surface area contributed by atoms with E-state index in [4.69, 9.17) is 30.3 Å². The first kappa shape index (κ1) is 18.5. The molecule has 9 nitrogen and oxygen atoms in total. The van der Waals surface area contributed by atoms with E-state index >= 15 is 0 Å². The molecule has 0 aliphatic heterocycles. The van der Waals surface area contributed by atoms with Crippen LogP contribution in [0.3, 0.4) is 0 Å². The lowest BCUT2D eigenvalue weighted by Gasteiger charge is -2.07. The Kier molecular flexibility index (Phi) is 5.41. The highest BCUT2D eigenvalue weighted by Crippen LogP contribution is 2.32. The topological polar surface area (TPSA) is 110 Å². The molecule has 1 heterocycles. The van der Waals surface area contributed by atoms with Crippen LogP contribution in [0.1, 0.15) is 5.89 Å². The molecule has 2 aromatic carbocycles. The van der Waals surface area contributed by atoms with Crippen molar-refractivity contribution in [1.29, 1.82) is 0 Å². The Balaban J connectivity index is 1.77. The van der Waals surface area contributed by atoms with Gasteiger partial charge in [-0.15, -0.1) is 0 Å². The number of methoxy groups -OCH3 is 2. The summed E-state index contributed by atoms with van der Waals surface area (Å²) in [5.41, 5.74) is 0.405. The third-order valence-electron chi connectivity index (χ3n) is 3.58. The van der Waals surface area contributed by atoms with Gasteiger partial charge < -0.3 is 18.7 Å². The van der Waals surface area contributed by atoms with E-state index < -0.39 is 4.92 Å². The van der Waals surface area contributed by atoms with Gasteiger partial charge in [-0.1, -0.05) is 16.8 Å². The van der Waals surface area contributed by atoms with Gasteiger partial charge in [0.05, 0.1) is 19.1 Å². The maximum absolute atomic E-state index is 11.1. The molecule has 0 spiro atoms. The Morgan fingerprint density at radius 3 is 2.56 bits per heavy atom. The van der Waals surface area contributed by atoms with Gasteiger partial charge in [0.1, 0.15) is 0 Å². The van der Waals surface area contributed by atoms with Crippen molar-refractivity contribution in [3.05, 3.63) is 57.4 Å². The summed E-state index contributed by atoms with van der Waals surface area (Å²) >= 11 is 5.78. The van der Waals surface area contributed by atoms with Crippen molar-refractivity contribution in [2.45, 2.75) is 6.61 Å². The Labute approximate surface area is 158 Å². The molecule has 0 atom stereocenters. The zero-order valence-corrected chi connectivity index (χ0v) is 15.1. The van der Waals surface area contributed by atoms with Crippen LogP contribution in [-0.2, 0) is 6.61 Å². The van der Waals surface area contributed by atoms with Crippen LogP contribution in [0, 0.1) is 10.1 Å². The van der Waals surface area contributed by atoms with Crippen molar-refractivity contribution < 1.29 is 23.7 Å². The Morgan fingerprint density at radius 1 is 1.11 bits per heavy atom. The fraction of sp³-hybridized carbons (Fsp3) is 0.176. The molecule has 0 amide bonds. The van der Waals surface area contributed by atoms with Crippen LogP contribution in [-0.4, -0.2) is 29.3 Å². The number of hydrogen-bond acceptors (Lipinski definition) is 8. The van der Waals surface area contributed by atoms with Crippen molar-refractivity contribution in [2.24, 2.45) is 0 Å². The molecule has 0 bridgehead atoms. The molecule has 0 saturated heterocycles. The average Bonchev–Trinajstić information content (AvgIpc) is 3.15. The highest BCUT2D eigenvalue weighted by atomic mass is 35.5. The third-order valence-corrected chi connectivity index (χ3v) is 3.81. The number of halogens is 1. The highest BCUT2D eigenvalue weighted by Gasteiger charge is 2.18. The summed E-state index contributed by atoms with van der Waals surface area (Å²) in [5.74, 6) is 1.62. The van der Waals surface area contributed by atoms with Crippen LogP contribution in [0.25, 0.3) is 11.4 Å². The van der Waals surface area contributed by atoms with E-state index in [9.17, 15) is 10.1 Å². The number of ether oxygens (including phenoxy) is 3. The predicted molar refractivity (Wildman–Crippen MR) is 95.3 cm³/mol. The van der Waals surface area contributed by atoms with Crippen LogP contribution in [0.15, 0.2) is 40.9 Å².